The number of nitrogens with zero attached hydrogens (tertiary/aromatic N) is 4. The zero-order valence-corrected chi connectivity index (χ0v) is 17.4. The summed E-state index contributed by atoms with van der Waals surface area (Å²) >= 11 is 0. The number of hydrogen-bond donors (Lipinski definition) is 0. The molecule has 0 saturated heterocycles. The lowest BCUT2D eigenvalue weighted by molar-refractivity contribution is -0.138. The van der Waals surface area contributed by atoms with Crippen molar-refractivity contribution in [2.45, 2.75) is 12.4 Å². The van der Waals surface area contributed by atoms with Crippen LogP contribution in [0.25, 0.3) is 22.5 Å². The quantitative estimate of drug-likeness (QED) is 0.248. The van der Waals surface area contributed by atoms with Crippen LogP contribution in [-0.2, 0) is 12.4 Å². The van der Waals surface area contributed by atoms with Crippen LogP contribution in [0.1, 0.15) is 38.6 Å². The first kappa shape index (κ1) is 24.2. The van der Waals surface area contributed by atoms with Gasteiger partial charge in [0.15, 0.2) is 0 Å². The Kier molecular flexibility index (Phi) is 5.86. The summed E-state index contributed by atoms with van der Waals surface area (Å²) < 4.78 is 92.7. The number of ketones is 1. The van der Waals surface area contributed by atoms with Crippen molar-refractivity contribution < 1.29 is 40.2 Å². The Morgan fingerprint density at radius 3 is 1.28 bits per heavy atom. The number of aromatic nitrogens is 2. The molecule has 0 unspecified atom stereocenters. The van der Waals surface area contributed by atoms with Gasteiger partial charge < -0.3 is 9.05 Å². The Balaban J connectivity index is 1.87. The molecule has 0 bridgehead atoms. The largest absolute Gasteiger partial charge is 0.422 e. The van der Waals surface area contributed by atoms with E-state index in [1.54, 1.807) is 12.1 Å². The zero-order valence-electron chi connectivity index (χ0n) is 17.4. The standard InChI is InChI=1S/C23H8F6N4O3/c24-22(25,26)15-17(13-5-1-11(9-30)2-6-13)32-35-20(15)19(34)21-16(23(27,28)29)18(33-36-21)14-7-3-12(10-31)4-8-14/h1-8H. The van der Waals surface area contributed by atoms with Crippen LogP contribution in [0.5, 0.6) is 0 Å². The van der Waals surface area contributed by atoms with Crippen molar-refractivity contribution >= 4 is 5.78 Å². The van der Waals surface area contributed by atoms with Crippen molar-refractivity contribution in [3.05, 3.63) is 82.3 Å². The van der Waals surface area contributed by atoms with Crippen LogP contribution < -0.4 is 0 Å². The highest BCUT2D eigenvalue weighted by Crippen LogP contribution is 2.43. The second-order valence-electron chi connectivity index (χ2n) is 7.17. The van der Waals surface area contributed by atoms with E-state index in [-0.39, 0.29) is 22.3 Å². The van der Waals surface area contributed by atoms with Gasteiger partial charge in [-0.2, -0.15) is 36.9 Å². The number of carbonyl (C=O) groups is 1. The fourth-order valence-electron chi connectivity index (χ4n) is 3.32. The second-order valence-corrected chi connectivity index (χ2v) is 7.17. The van der Waals surface area contributed by atoms with Gasteiger partial charge in [-0.05, 0) is 24.3 Å². The molecule has 7 nitrogen and oxygen atoms in total. The Morgan fingerprint density at radius 2 is 1.00 bits per heavy atom. The minimum absolute atomic E-state index is 0.124. The van der Waals surface area contributed by atoms with E-state index in [1.165, 1.54) is 24.3 Å². The van der Waals surface area contributed by atoms with Crippen molar-refractivity contribution in [2.75, 3.05) is 0 Å². The molecule has 0 spiro atoms. The Morgan fingerprint density at radius 1 is 0.667 bits per heavy atom. The first-order valence-corrected chi connectivity index (χ1v) is 9.65. The number of carbonyl (C=O) groups excluding carboxylic acids is 1. The molecule has 36 heavy (non-hydrogen) atoms. The summed E-state index contributed by atoms with van der Waals surface area (Å²) in [5, 5.41) is 24.2. The fourth-order valence-corrected chi connectivity index (χ4v) is 3.32. The maximum absolute atomic E-state index is 13.9. The minimum Gasteiger partial charge on any atom is -0.351 e. The summed E-state index contributed by atoms with van der Waals surface area (Å²) in [5.41, 5.74) is -5.32. The van der Waals surface area contributed by atoms with Gasteiger partial charge in [-0.1, -0.05) is 34.6 Å². The number of rotatable bonds is 4. The van der Waals surface area contributed by atoms with Gasteiger partial charge in [-0.3, -0.25) is 4.79 Å². The molecule has 0 atom stereocenters. The summed E-state index contributed by atoms with van der Waals surface area (Å²) in [6.07, 6.45) is -10.5. The van der Waals surface area contributed by atoms with E-state index in [1.807, 2.05) is 0 Å². The highest BCUT2D eigenvalue weighted by molar-refractivity contribution is 6.08. The maximum Gasteiger partial charge on any atom is 0.422 e. The predicted molar refractivity (Wildman–Crippen MR) is 107 cm³/mol. The van der Waals surface area contributed by atoms with Crippen LogP contribution in [0, 0.1) is 22.7 Å². The minimum atomic E-state index is -5.26. The number of alkyl halides is 6. The van der Waals surface area contributed by atoms with Gasteiger partial charge in [-0.25, -0.2) is 0 Å². The van der Waals surface area contributed by atoms with Gasteiger partial charge in [0.2, 0.25) is 11.5 Å². The first-order valence-electron chi connectivity index (χ1n) is 9.65. The molecule has 0 aliphatic rings. The van der Waals surface area contributed by atoms with Crippen molar-refractivity contribution in [1.29, 1.82) is 10.5 Å². The highest BCUT2D eigenvalue weighted by atomic mass is 19.4. The lowest BCUT2D eigenvalue weighted by Crippen LogP contribution is -2.16. The molecule has 0 aliphatic heterocycles. The first-order chi connectivity index (χ1) is 17.0. The second kappa shape index (κ2) is 8.70. The lowest BCUT2D eigenvalue weighted by atomic mass is 9.99. The molecule has 13 heteroatoms. The molecule has 2 heterocycles. The predicted octanol–water partition coefficient (Wildman–Crippen LogP) is 6.01. The summed E-state index contributed by atoms with van der Waals surface area (Å²) in [5.74, 6) is -4.95. The molecular formula is C23H8F6N4O3. The molecule has 0 N–H and O–H groups in total. The van der Waals surface area contributed by atoms with E-state index in [0.717, 1.165) is 24.3 Å². The summed E-state index contributed by atoms with van der Waals surface area (Å²) in [7, 11) is 0. The Labute approximate surface area is 196 Å². The summed E-state index contributed by atoms with van der Waals surface area (Å²) in [6, 6.07) is 12.7. The van der Waals surface area contributed by atoms with Crippen LogP contribution in [0.4, 0.5) is 26.3 Å². The number of nitriles is 2. The van der Waals surface area contributed by atoms with Crippen molar-refractivity contribution in [3.63, 3.8) is 0 Å². The van der Waals surface area contributed by atoms with Gasteiger partial charge in [-0.15, -0.1) is 0 Å². The molecule has 2 aromatic carbocycles. The van der Waals surface area contributed by atoms with Gasteiger partial charge in [0, 0.05) is 11.1 Å². The Hall–Kier alpha value is -4.91. The van der Waals surface area contributed by atoms with Gasteiger partial charge in [0.1, 0.15) is 22.5 Å². The third kappa shape index (κ3) is 4.30. The molecule has 0 saturated carbocycles. The molecule has 4 rings (SSSR count). The molecule has 2 aromatic heterocycles. The van der Waals surface area contributed by atoms with E-state index in [9.17, 15) is 31.1 Å². The van der Waals surface area contributed by atoms with Crippen LogP contribution in [-0.4, -0.2) is 16.1 Å². The molecule has 0 amide bonds. The maximum atomic E-state index is 13.9. The van der Waals surface area contributed by atoms with Gasteiger partial charge >= 0.3 is 12.4 Å². The van der Waals surface area contributed by atoms with Crippen molar-refractivity contribution in [3.8, 4) is 34.7 Å². The molecular weight excluding hydrogens is 494 g/mol. The smallest absolute Gasteiger partial charge is 0.351 e. The SMILES string of the molecule is N#Cc1ccc(-c2noc(C(=O)c3onc(-c4ccc(C#N)cc4)c3C(F)(F)F)c2C(F)(F)F)cc1. The van der Waals surface area contributed by atoms with Crippen molar-refractivity contribution in [1.82, 2.24) is 10.3 Å². The third-order valence-corrected chi connectivity index (χ3v) is 4.94. The number of halogens is 6. The van der Waals surface area contributed by atoms with E-state index in [2.05, 4.69) is 19.4 Å². The van der Waals surface area contributed by atoms with Gasteiger partial charge in [0.25, 0.3) is 5.78 Å². The summed E-state index contributed by atoms with van der Waals surface area (Å²) in [4.78, 5) is 12.9. The molecule has 0 radical (unpaired) electrons. The normalized spacial score (nSPS) is 11.7. The zero-order chi connectivity index (χ0) is 26.3. The molecule has 0 aliphatic carbocycles. The third-order valence-electron chi connectivity index (χ3n) is 4.94. The van der Waals surface area contributed by atoms with Crippen LogP contribution >= 0.6 is 0 Å². The van der Waals surface area contributed by atoms with Crippen molar-refractivity contribution in [2.24, 2.45) is 0 Å². The average Bonchev–Trinajstić information content (AvgIpc) is 3.49. The van der Waals surface area contributed by atoms with E-state index in [0.29, 0.717) is 0 Å². The topological polar surface area (TPSA) is 117 Å². The molecule has 180 valence electrons. The lowest BCUT2D eigenvalue weighted by Gasteiger charge is -2.09. The van der Waals surface area contributed by atoms with E-state index < -0.39 is 52.2 Å². The van der Waals surface area contributed by atoms with Crippen LogP contribution in [0.3, 0.4) is 0 Å². The summed E-state index contributed by atoms with van der Waals surface area (Å²) in [6.45, 7) is 0. The highest BCUT2D eigenvalue weighted by Gasteiger charge is 2.48. The van der Waals surface area contributed by atoms with Crippen LogP contribution in [0.15, 0.2) is 57.6 Å². The van der Waals surface area contributed by atoms with E-state index in [4.69, 9.17) is 10.5 Å². The number of hydrogen-bond acceptors (Lipinski definition) is 7. The molecule has 0 fully saturated rings. The average molecular weight is 502 g/mol. The Bertz CT molecular complexity index is 1420. The van der Waals surface area contributed by atoms with Gasteiger partial charge in [0.05, 0.1) is 23.3 Å². The molecule has 4 aromatic rings. The fraction of sp³-hybridized carbons (Fsp3) is 0.0870. The number of benzene rings is 2. The monoisotopic (exact) mass is 502 g/mol. The van der Waals surface area contributed by atoms with E-state index >= 15 is 0 Å². The van der Waals surface area contributed by atoms with Crippen LogP contribution in [0.2, 0.25) is 0 Å².